The van der Waals surface area contributed by atoms with E-state index in [1.807, 2.05) is 12.2 Å². The highest BCUT2D eigenvalue weighted by Crippen LogP contribution is 2.28. The number of rotatable bonds is 0. The van der Waals surface area contributed by atoms with Crippen LogP contribution in [0.25, 0.3) is 0 Å². The van der Waals surface area contributed by atoms with Crippen molar-refractivity contribution in [2.45, 2.75) is 6.10 Å². The van der Waals surface area contributed by atoms with Crippen molar-refractivity contribution in [1.82, 2.24) is 0 Å². The van der Waals surface area contributed by atoms with Gasteiger partial charge in [-0.2, -0.15) is 0 Å². The summed E-state index contributed by atoms with van der Waals surface area (Å²) in [5, 5.41) is 9.05. The molecule has 0 fully saturated rings. The van der Waals surface area contributed by atoms with Crippen molar-refractivity contribution >= 4 is 28.4 Å². The number of aliphatic hydroxyl groups is 1. The van der Waals surface area contributed by atoms with Crippen LogP contribution in [0.1, 0.15) is 0 Å². The zero-order valence-corrected chi connectivity index (χ0v) is 8.76. The van der Waals surface area contributed by atoms with Crippen molar-refractivity contribution < 1.29 is 14.6 Å². The van der Waals surface area contributed by atoms with E-state index in [-0.39, 0.29) is 23.8 Å². The molecule has 0 aromatic heterocycles. The van der Waals surface area contributed by atoms with E-state index in [1.54, 1.807) is 6.08 Å². The lowest BCUT2D eigenvalue weighted by atomic mass is 9.92. The van der Waals surface area contributed by atoms with Gasteiger partial charge in [0.1, 0.15) is 6.10 Å². The molecule has 0 saturated heterocycles. The van der Waals surface area contributed by atoms with E-state index >= 15 is 0 Å². The maximum Gasteiger partial charge on any atom is 0.280 e. The summed E-state index contributed by atoms with van der Waals surface area (Å²) in [4.78, 5) is 11.4. The van der Waals surface area contributed by atoms with Gasteiger partial charge in [-0.15, -0.1) is 0 Å². The molecule has 0 bridgehead atoms. The van der Waals surface area contributed by atoms with Crippen molar-refractivity contribution in [3.05, 3.63) is 33.8 Å². The fraction of sp³-hybridized carbons (Fsp3) is 0.222. The van der Waals surface area contributed by atoms with Crippen LogP contribution in [-0.4, -0.2) is 17.0 Å². The zero-order chi connectivity index (χ0) is 9.42. The molecule has 4 heteroatoms. The fourth-order valence-electron chi connectivity index (χ4n) is 1.38. The molecule has 1 aliphatic carbocycles. The van der Waals surface area contributed by atoms with Gasteiger partial charge in [-0.3, -0.25) is 4.79 Å². The minimum absolute atomic E-state index is 0.104. The van der Waals surface area contributed by atoms with Crippen LogP contribution in [0.15, 0.2) is 33.8 Å². The normalized spacial score (nSPS) is 31.6. The third-order valence-electron chi connectivity index (χ3n) is 1.99. The molecule has 2 aliphatic rings. The lowest BCUT2D eigenvalue weighted by Crippen LogP contribution is -2.32. The van der Waals surface area contributed by atoms with Gasteiger partial charge < -0.3 is 9.84 Å². The highest BCUT2D eigenvalue weighted by atomic mass is 127. The molecule has 3 nitrogen and oxygen atoms in total. The largest absolute Gasteiger partial charge is 0.481 e. The molecule has 2 unspecified atom stereocenters. The molecule has 1 heterocycles. The SMILES string of the molecule is O=C1C=C(O)OC2C=CC(I)=CC12. The van der Waals surface area contributed by atoms with Crippen molar-refractivity contribution in [2.24, 2.45) is 5.92 Å². The Morgan fingerprint density at radius 2 is 2.31 bits per heavy atom. The van der Waals surface area contributed by atoms with Crippen LogP contribution >= 0.6 is 22.6 Å². The van der Waals surface area contributed by atoms with Crippen LogP contribution in [0.4, 0.5) is 0 Å². The zero-order valence-electron chi connectivity index (χ0n) is 6.61. The maximum absolute atomic E-state index is 11.4. The van der Waals surface area contributed by atoms with Gasteiger partial charge in [-0.05, 0) is 34.7 Å². The quantitative estimate of drug-likeness (QED) is 0.693. The van der Waals surface area contributed by atoms with Gasteiger partial charge in [0, 0.05) is 3.58 Å². The first-order valence-corrected chi connectivity index (χ1v) is 4.91. The summed E-state index contributed by atoms with van der Waals surface area (Å²) < 4.78 is 6.09. The second-order valence-corrected chi connectivity index (χ2v) is 4.15. The molecule has 0 spiro atoms. The van der Waals surface area contributed by atoms with E-state index in [9.17, 15) is 4.79 Å². The summed E-state index contributed by atoms with van der Waals surface area (Å²) in [6, 6.07) is 0. The van der Waals surface area contributed by atoms with Crippen molar-refractivity contribution in [2.75, 3.05) is 0 Å². The molecule has 2 atom stereocenters. The summed E-state index contributed by atoms with van der Waals surface area (Å²) in [6.07, 6.45) is 6.29. The summed E-state index contributed by atoms with van der Waals surface area (Å²) in [7, 11) is 0. The van der Waals surface area contributed by atoms with Gasteiger partial charge in [-0.25, -0.2) is 0 Å². The first kappa shape index (κ1) is 8.80. The van der Waals surface area contributed by atoms with E-state index in [4.69, 9.17) is 9.84 Å². The van der Waals surface area contributed by atoms with E-state index in [1.165, 1.54) is 0 Å². The number of carbonyl (C=O) groups is 1. The molecule has 0 saturated carbocycles. The predicted octanol–water partition coefficient (Wildman–Crippen LogP) is 1.86. The second kappa shape index (κ2) is 3.17. The minimum atomic E-state index is -0.337. The maximum atomic E-state index is 11.4. The smallest absolute Gasteiger partial charge is 0.280 e. The van der Waals surface area contributed by atoms with Crippen molar-refractivity contribution in [1.29, 1.82) is 0 Å². The highest BCUT2D eigenvalue weighted by molar-refractivity contribution is 14.1. The Bertz CT molecular complexity index is 341. The average molecular weight is 290 g/mol. The molecule has 0 radical (unpaired) electrons. The molecule has 13 heavy (non-hydrogen) atoms. The van der Waals surface area contributed by atoms with E-state index < -0.39 is 0 Å². The Kier molecular flexibility index (Phi) is 2.15. The van der Waals surface area contributed by atoms with E-state index in [0.717, 1.165) is 9.66 Å². The summed E-state index contributed by atoms with van der Waals surface area (Å²) >= 11 is 2.14. The molecule has 0 aromatic carbocycles. The molecule has 68 valence electrons. The number of hydrogen-bond acceptors (Lipinski definition) is 3. The third kappa shape index (κ3) is 1.63. The van der Waals surface area contributed by atoms with Crippen LogP contribution in [0.3, 0.4) is 0 Å². The number of halogens is 1. The van der Waals surface area contributed by atoms with E-state index in [2.05, 4.69) is 22.6 Å². The Morgan fingerprint density at radius 1 is 1.54 bits per heavy atom. The monoisotopic (exact) mass is 290 g/mol. The number of allylic oxidation sites excluding steroid dienone is 3. The standard InChI is InChI=1S/C9H7IO3/c10-5-1-2-8-6(3-5)7(11)4-9(12)13-8/h1-4,6,8,12H. The predicted molar refractivity (Wildman–Crippen MR) is 55.3 cm³/mol. The van der Waals surface area contributed by atoms with Gasteiger partial charge in [0.05, 0.1) is 12.0 Å². The van der Waals surface area contributed by atoms with Gasteiger partial charge in [0.2, 0.25) is 0 Å². The number of carbonyl (C=O) groups excluding carboxylic acids is 1. The van der Waals surface area contributed by atoms with E-state index in [0.29, 0.717) is 0 Å². The van der Waals surface area contributed by atoms with Crippen LogP contribution in [0, 0.1) is 5.92 Å². The van der Waals surface area contributed by atoms with Crippen LogP contribution in [0.2, 0.25) is 0 Å². The minimum Gasteiger partial charge on any atom is -0.481 e. The van der Waals surface area contributed by atoms with Gasteiger partial charge in [-0.1, -0.05) is 6.08 Å². The molecule has 2 rings (SSSR count). The highest BCUT2D eigenvalue weighted by Gasteiger charge is 2.32. The number of fused-ring (bicyclic) bond motifs is 1. The van der Waals surface area contributed by atoms with Gasteiger partial charge in [0.25, 0.3) is 5.95 Å². The van der Waals surface area contributed by atoms with Gasteiger partial charge in [0.15, 0.2) is 5.78 Å². The summed E-state index contributed by atoms with van der Waals surface area (Å²) in [5.41, 5.74) is 0. The number of ketones is 1. The lowest BCUT2D eigenvalue weighted by molar-refractivity contribution is -0.123. The van der Waals surface area contributed by atoms with Crippen molar-refractivity contribution in [3.8, 4) is 0 Å². The molecule has 0 aromatic rings. The number of ether oxygens (including phenoxy) is 1. The van der Waals surface area contributed by atoms with Crippen LogP contribution in [0.5, 0.6) is 0 Å². The van der Waals surface area contributed by atoms with Crippen molar-refractivity contribution in [3.63, 3.8) is 0 Å². The van der Waals surface area contributed by atoms with Crippen LogP contribution in [-0.2, 0) is 9.53 Å². The molecular formula is C9H7IO3. The molecule has 0 amide bonds. The van der Waals surface area contributed by atoms with Crippen LogP contribution < -0.4 is 0 Å². The summed E-state index contributed by atoms with van der Waals surface area (Å²) in [6.45, 7) is 0. The summed E-state index contributed by atoms with van der Waals surface area (Å²) in [5.74, 6) is -0.665. The Balaban J connectivity index is 2.33. The molecule has 1 N–H and O–H groups in total. The Morgan fingerprint density at radius 3 is 3.08 bits per heavy atom. The Labute approximate surface area is 88.9 Å². The molecular weight excluding hydrogens is 283 g/mol. The number of aliphatic hydroxyl groups excluding tert-OH is 1. The average Bonchev–Trinajstić information content (AvgIpc) is 2.06. The molecule has 1 aliphatic heterocycles. The fourth-order valence-corrected chi connectivity index (χ4v) is 1.97. The topological polar surface area (TPSA) is 46.5 Å². The third-order valence-corrected chi connectivity index (χ3v) is 2.71. The number of hydrogen-bond donors (Lipinski definition) is 1. The second-order valence-electron chi connectivity index (χ2n) is 2.90. The van der Waals surface area contributed by atoms with Gasteiger partial charge >= 0.3 is 0 Å². The lowest BCUT2D eigenvalue weighted by Gasteiger charge is -2.26. The Hall–Kier alpha value is -0.780. The first-order valence-electron chi connectivity index (χ1n) is 3.83. The first-order chi connectivity index (χ1) is 6.16.